The van der Waals surface area contributed by atoms with E-state index in [1.165, 1.54) is 6.20 Å². The van der Waals surface area contributed by atoms with Crippen molar-refractivity contribution in [2.45, 2.75) is 6.92 Å². The molecule has 0 aliphatic rings. The van der Waals surface area contributed by atoms with Crippen LogP contribution in [0.2, 0.25) is 0 Å². The molecule has 2 heterocycles. The molecule has 0 aliphatic carbocycles. The van der Waals surface area contributed by atoms with Gasteiger partial charge in [-0.25, -0.2) is 4.98 Å². The SMILES string of the molecule is CCNc1ccncc1C(=O)Nc1nc2ccccc2[nH]1. The van der Waals surface area contributed by atoms with E-state index in [-0.39, 0.29) is 5.91 Å². The van der Waals surface area contributed by atoms with Crippen molar-refractivity contribution in [3.63, 3.8) is 0 Å². The fourth-order valence-corrected chi connectivity index (χ4v) is 2.11. The van der Waals surface area contributed by atoms with E-state index in [1.54, 1.807) is 12.3 Å². The summed E-state index contributed by atoms with van der Waals surface area (Å²) in [4.78, 5) is 23.7. The highest BCUT2D eigenvalue weighted by Gasteiger charge is 2.13. The number of pyridine rings is 1. The third-order valence-electron chi connectivity index (χ3n) is 3.05. The summed E-state index contributed by atoms with van der Waals surface area (Å²) < 4.78 is 0. The van der Waals surface area contributed by atoms with Crippen molar-refractivity contribution < 1.29 is 4.79 Å². The zero-order valence-electron chi connectivity index (χ0n) is 11.6. The number of carbonyl (C=O) groups is 1. The van der Waals surface area contributed by atoms with Crippen molar-refractivity contribution in [2.75, 3.05) is 17.2 Å². The molecule has 106 valence electrons. The van der Waals surface area contributed by atoms with Crippen molar-refractivity contribution in [2.24, 2.45) is 0 Å². The van der Waals surface area contributed by atoms with Crippen molar-refractivity contribution in [3.05, 3.63) is 48.3 Å². The summed E-state index contributed by atoms with van der Waals surface area (Å²) in [6.07, 6.45) is 3.19. The van der Waals surface area contributed by atoms with Crippen LogP contribution in [0.25, 0.3) is 11.0 Å². The predicted octanol–water partition coefficient (Wildman–Crippen LogP) is 2.64. The average molecular weight is 281 g/mol. The summed E-state index contributed by atoms with van der Waals surface area (Å²) in [5.41, 5.74) is 2.93. The van der Waals surface area contributed by atoms with Gasteiger partial charge in [0.05, 0.1) is 22.3 Å². The van der Waals surface area contributed by atoms with Gasteiger partial charge in [-0.15, -0.1) is 0 Å². The molecule has 1 amide bonds. The first-order valence-corrected chi connectivity index (χ1v) is 6.72. The summed E-state index contributed by atoms with van der Waals surface area (Å²) in [5.74, 6) is 0.172. The zero-order chi connectivity index (χ0) is 14.7. The fraction of sp³-hybridized carbons (Fsp3) is 0.133. The van der Waals surface area contributed by atoms with Crippen LogP contribution in [0.1, 0.15) is 17.3 Å². The summed E-state index contributed by atoms with van der Waals surface area (Å²) in [7, 11) is 0. The first-order valence-electron chi connectivity index (χ1n) is 6.72. The van der Waals surface area contributed by atoms with Crippen molar-refractivity contribution in [1.82, 2.24) is 15.0 Å². The zero-order valence-corrected chi connectivity index (χ0v) is 11.6. The number of imidazole rings is 1. The maximum Gasteiger partial charge on any atom is 0.261 e. The minimum absolute atomic E-state index is 0.252. The van der Waals surface area contributed by atoms with Crippen LogP contribution < -0.4 is 10.6 Å². The molecule has 0 fully saturated rings. The van der Waals surface area contributed by atoms with Crippen molar-refractivity contribution >= 4 is 28.6 Å². The van der Waals surface area contributed by atoms with E-state index in [1.807, 2.05) is 31.2 Å². The minimum Gasteiger partial charge on any atom is -0.385 e. The maximum atomic E-state index is 12.3. The molecule has 3 rings (SSSR count). The number of para-hydroxylation sites is 2. The highest BCUT2D eigenvalue weighted by Crippen LogP contribution is 2.17. The summed E-state index contributed by atoms with van der Waals surface area (Å²) >= 11 is 0. The molecule has 0 spiro atoms. The van der Waals surface area contributed by atoms with Crippen LogP contribution in [0, 0.1) is 0 Å². The van der Waals surface area contributed by atoms with Crippen LogP contribution in [0.15, 0.2) is 42.7 Å². The number of amides is 1. The Morgan fingerprint density at radius 1 is 1.29 bits per heavy atom. The Balaban J connectivity index is 1.86. The molecule has 0 unspecified atom stereocenters. The molecule has 0 radical (unpaired) electrons. The Morgan fingerprint density at radius 2 is 2.14 bits per heavy atom. The van der Waals surface area contributed by atoms with E-state index in [4.69, 9.17) is 0 Å². The van der Waals surface area contributed by atoms with Gasteiger partial charge in [-0.05, 0) is 25.1 Å². The molecule has 2 aromatic heterocycles. The number of hydrogen-bond donors (Lipinski definition) is 3. The summed E-state index contributed by atoms with van der Waals surface area (Å²) in [6, 6.07) is 9.38. The van der Waals surface area contributed by atoms with Gasteiger partial charge in [-0.1, -0.05) is 12.1 Å². The highest BCUT2D eigenvalue weighted by molar-refractivity contribution is 6.07. The van der Waals surface area contributed by atoms with E-state index in [0.717, 1.165) is 23.3 Å². The maximum absolute atomic E-state index is 12.3. The lowest BCUT2D eigenvalue weighted by Crippen LogP contribution is -2.16. The topological polar surface area (TPSA) is 82.7 Å². The number of rotatable bonds is 4. The van der Waals surface area contributed by atoms with E-state index >= 15 is 0 Å². The number of anilines is 2. The van der Waals surface area contributed by atoms with Crippen LogP contribution in [-0.4, -0.2) is 27.4 Å². The molecule has 21 heavy (non-hydrogen) atoms. The fourth-order valence-electron chi connectivity index (χ4n) is 2.11. The molecule has 0 aliphatic heterocycles. The third kappa shape index (κ3) is 2.69. The molecule has 0 saturated heterocycles. The second-order valence-electron chi connectivity index (χ2n) is 4.51. The molecule has 6 nitrogen and oxygen atoms in total. The van der Waals surface area contributed by atoms with Crippen LogP contribution in [0.5, 0.6) is 0 Å². The van der Waals surface area contributed by atoms with Gasteiger partial charge in [-0.2, -0.15) is 0 Å². The summed E-state index contributed by atoms with van der Waals surface area (Å²) in [5, 5.41) is 5.90. The molecule has 0 saturated carbocycles. The molecular weight excluding hydrogens is 266 g/mol. The van der Waals surface area contributed by atoms with Crippen LogP contribution in [-0.2, 0) is 0 Å². The number of nitrogens with zero attached hydrogens (tertiary/aromatic N) is 2. The van der Waals surface area contributed by atoms with Gasteiger partial charge >= 0.3 is 0 Å². The number of H-pyrrole nitrogens is 1. The lowest BCUT2D eigenvalue weighted by molar-refractivity contribution is 0.102. The van der Waals surface area contributed by atoms with Gasteiger partial charge in [0, 0.05) is 18.9 Å². The van der Waals surface area contributed by atoms with E-state index in [9.17, 15) is 4.79 Å². The van der Waals surface area contributed by atoms with Crippen LogP contribution in [0.4, 0.5) is 11.6 Å². The standard InChI is InChI=1S/C15H15N5O/c1-2-17-11-7-8-16-9-10(11)14(21)20-15-18-12-5-3-4-6-13(12)19-15/h3-9H,2H2,1H3,(H,16,17)(H2,18,19,20,21). The Bertz CT molecular complexity index is 747. The van der Waals surface area contributed by atoms with E-state index < -0.39 is 0 Å². The quantitative estimate of drug-likeness (QED) is 0.686. The molecule has 3 N–H and O–H groups in total. The van der Waals surface area contributed by atoms with Crippen LogP contribution >= 0.6 is 0 Å². The molecule has 3 aromatic rings. The second-order valence-corrected chi connectivity index (χ2v) is 4.51. The Hall–Kier alpha value is -2.89. The first-order chi connectivity index (χ1) is 10.3. The molecule has 6 heteroatoms. The van der Waals surface area contributed by atoms with Gasteiger partial charge in [-0.3, -0.25) is 15.1 Å². The Morgan fingerprint density at radius 3 is 2.95 bits per heavy atom. The lowest BCUT2D eigenvalue weighted by Gasteiger charge is -2.08. The van der Waals surface area contributed by atoms with Gasteiger partial charge in [0.25, 0.3) is 5.91 Å². The van der Waals surface area contributed by atoms with E-state index in [2.05, 4.69) is 25.6 Å². The Labute approximate surface area is 121 Å². The normalized spacial score (nSPS) is 10.5. The Kier molecular flexibility index (Phi) is 3.51. The largest absolute Gasteiger partial charge is 0.385 e. The second kappa shape index (κ2) is 5.62. The highest BCUT2D eigenvalue weighted by atomic mass is 16.1. The number of nitrogens with one attached hydrogen (secondary N) is 3. The number of benzene rings is 1. The molecular formula is C15H15N5O. The number of carbonyl (C=O) groups excluding carboxylic acids is 1. The monoisotopic (exact) mass is 281 g/mol. The number of fused-ring (bicyclic) bond motifs is 1. The number of aromatic amines is 1. The predicted molar refractivity (Wildman–Crippen MR) is 82.4 cm³/mol. The van der Waals surface area contributed by atoms with Gasteiger partial charge in [0.15, 0.2) is 0 Å². The third-order valence-corrected chi connectivity index (χ3v) is 3.05. The molecule has 0 bridgehead atoms. The number of aromatic nitrogens is 3. The molecule has 1 aromatic carbocycles. The van der Waals surface area contributed by atoms with Crippen molar-refractivity contribution in [3.8, 4) is 0 Å². The lowest BCUT2D eigenvalue weighted by atomic mass is 10.2. The van der Waals surface area contributed by atoms with Gasteiger partial charge in [0.1, 0.15) is 0 Å². The average Bonchev–Trinajstić information content (AvgIpc) is 2.90. The number of hydrogen-bond acceptors (Lipinski definition) is 4. The van der Waals surface area contributed by atoms with Gasteiger partial charge < -0.3 is 10.3 Å². The van der Waals surface area contributed by atoms with Crippen LogP contribution in [0.3, 0.4) is 0 Å². The van der Waals surface area contributed by atoms with Crippen molar-refractivity contribution in [1.29, 1.82) is 0 Å². The smallest absolute Gasteiger partial charge is 0.261 e. The van der Waals surface area contributed by atoms with E-state index in [0.29, 0.717) is 11.5 Å². The van der Waals surface area contributed by atoms with Gasteiger partial charge in [0.2, 0.25) is 5.95 Å². The molecule has 0 atom stereocenters. The summed E-state index contributed by atoms with van der Waals surface area (Å²) in [6.45, 7) is 2.70. The minimum atomic E-state index is -0.252. The first kappa shape index (κ1) is 13.1.